The molecule has 0 radical (unpaired) electrons. The molecule has 2 nitrogen and oxygen atoms in total. The molecule has 0 aromatic rings. The van der Waals surface area contributed by atoms with Crippen LogP contribution >= 0.6 is 0 Å². The first kappa shape index (κ1) is 16.8. The molecule has 0 aromatic carbocycles. The van der Waals surface area contributed by atoms with Gasteiger partial charge in [-0.05, 0) is 82.2 Å². The molecule has 0 unspecified atom stereocenters. The minimum absolute atomic E-state index is 0.361. The van der Waals surface area contributed by atoms with E-state index in [1.54, 1.807) is 0 Å². The van der Waals surface area contributed by atoms with Crippen LogP contribution in [0.25, 0.3) is 0 Å². The molecule has 3 rings (SSSR count). The van der Waals surface area contributed by atoms with E-state index in [9.17, 15) is 0 Å². The monoisotopic (exact) mass is 306 g/mol. The standard InChI is InChI=1S/C20H38N2/c1-18(2,3)17-11-20(12-17)14-21(15-20)13-16-7-9-22(10-8-16)19(4,5)6/h16-17H,7-15H2,1-6H3. The molecule has 3 aliphatic rings. The lowest BCUT2D eigenvalue weighted by molar-refractivity contribution is -0.128. The second kappa shape index (κ2) is 5.48. The van der Waals surface area contributed by atoms with E-state index in [2.05, 4.69) is 51.3 Å². The van der Waals surface area contributed by atoms with Crippen molar-refractivity contribution in [1.29, 1.82) is 0 Å². The van der Waals surface area contributed by atoms with Crippen molar-refractivity contribution in [3.05, 3.63) is 0 Å². The van der Waals surface area contributed by atoms with E-state index in [1.165, 1.54) is 58.4 Å². The molecule has 0 atom stereocenters. The maximum Gasteiger partial charge on any atom is 0.0125 e. The van der Waals surface area contributed by atoms with Crippen LogP contribution in [0.3, 0.4) is 0 Å². The zero-order valence-electron chi connectivity index (χ0n) is 15.9. The van der Waals surface area contributed by atoms with Crippen LogP contribution < -0.4 is 0 Å². The van der Waals surface area contributed by atoms with Crippen molar-refractivity contribution in [3.8, 4) is 0 Å². The van der Waals surface area contributed by atoms with Gasteiger partial charge in [0, 0.05) is 25.2 Å². The molecule has 128 valence electrons. The first-order chi connectivity index (χ1) is 10.1. The Balaban J connectivity index is 1.36. The van der Waals surface area contributed by atoms with Crippen LogP contribution in [0.5, 0.6) is 0 Å². The molecule has 1 saturated carbocycles. The van der Waals surface area contributed by atoms with E-state index in [1.807, 2.05) is 0 Å². The number of hydrogen-bond acceptors (Lipinski definition) is 2. The van der Waals surface area contributed by atoms with Crippen LogP contribution in [0.2, 0.25) is 0 Å². The molecule has 1 spiro atoms. The Bertz CT molecular complexity index is 379. The highest BCUT2D eigenvalue weighted by atomic mass is 15.2. The van der Waals surface area contributed by atoms with Gasteiger partial charge in [-0.2, -0.15) is 0 Å². The van der Waals surface area contributed by atoms with Gasteiger partial charge in [0.25, 0.3) is 0 Å². The molecule has 0 aromatic heterocycles. The minimum Gasteiger partial charge on any atom is -0.302 e. The fourth-order valence-corrected chi connectivity index (χ4v) is 5.04. The summed E-state index contributed by atoms with van der Waals surface area (Å²) in [5, 5.41) is 0. The third kappa shape index (κ3) is 3.38. The second-order valence-electron chi connectivity index (χ2n) is 10.7. The molecular weight excluding hydrogens is 268 g/mol. The molecular formula is C20H38N2. The largest absolute Gasteiger partial charge is 0.302 e. The van der Waals surface area contributed by atoms with Gasteiger partial charge in [-0.25, -0.2) is 0 Å². The van der Waals surface area contributed by atoms with Crippen molar-refractivity contribution < 1.29 is 0 Å². The lowest BCUT2D eigenvalue weighted by Gasteiger charge is -2.62. The summed E-state index contributed by atoms with van der Waals surface area (Å²) in [6, 6.07) is 0. The SMILES string of the molecule is CC(C)(C)C1CC2(C1)CN(CC1CCN(C(C)(C)C)CC1)C2. The Morgan fingerprint density at radius 3 is 1.91 bits per heavy atom. The molecule has 2 heterocycles. The minimum atomic E-state index is 0.361. The van der Waals surface area contributed by atoms with Gasteiger partial charge >= 0.3 is 0 Å². The van der Waals surface area contributed by atoms with Crippen molar-refractivity contribution in [1.82, 2.24) is 9.80 Å². The normalized spacial score (nSPS) is 28.6. The second-order valence-corrected chi connectivity index (χ2v) is 10.7. The summed E-state index contributed by atoms with van der Waals surface area (Å²) in [4.78, 5) is 5.43. The fourth-order valence-electron chi connectivity index (χ4n) is 5.04. The van der Waals surface area contributed by atoms with Crippen molar-refractivity contribution in [2.45, 2.75) is 72.8 Å². The van der Waals surface area contributed by atoms with E-state index >= 15 is 0 Å². The average molecular weight is 307 g/mol. The Labute approximate surface area is 138 Å². The van der Waals surface area contributed by atoms with E-state index in [0.29, 0.717) is 11.0 Å². The van der Waals surface area contributed by atoms with E-state index in [0.717, 1.165) is 17.3 Å². The van der Waals surface area contributed by atoms with Crippen LogP contribution in [0.4, 0.5) is 0 Å². The predicted molar refractivity (Wildman–Crippen MR) is 95.1 cm³/mol. The van der Waals surface area contributed by atoms with E-state index in [4.69, 9.17) is 0 Å². The quantitative estimate of drug-likeness (QED) is 0.752. The summed E-state index contributed by atoms with van der Waals surface area (Å²) in [7, 11) is 0. The van der Waals surface area contributed by atoms with Crippen LogP contribution in [0.1, 0.15) is 67.2 Å². The van der Waals surface area contributed by atoms with E-state index < -0.39 is 0 Å². The van der Waals surface area contributed by atoms with Crippen molar-refractivity contribution in [2.75, 3.05) is 32.7 Å². The zero-order chi connectivity index (χ0) is 16.2. The highest BCUT2D eigenvalue weighted by Gasteiger charge is 2.54. The number of piperidine rings is 1. The number of hydrogen-bond donors (Lipinski definition) is 0. The summed E-state index contributed by atoms with van der Waals surface area (Å²) < 4.78 is 0. The fraction of sp³-hybridized carbons (Fsp3) is 1.00. The third-order valence-corrected chi connectivity index (χ3v) is 6.78. The smallest absolute Gasteiger partial charge is 0.0125 e. The van der Waals surface area contributed by atoms with Crippen molar-refractivity contribution in [2.24, 2.45) is 22.7 Å². The van der Waals surface area contributed by atoms with Crippen LogP contribution in [0, 0.1) is 22.7 Å². The molecule has 22 heavy (non-hydrogen) atoms. The van der Waals surface area contributed by atoms with Gasteiger partial charge in [-0.1, -0.05) is 20.8 Å². The number of rotatable bonds is 2. The van der Waals surface area contributed by atoms with Crippen molar-refractivity contribution >= 4 is 0 Å². The van der Waals surface area contributed by atoms with Gasteiger partial charge in [0.15, 0.2) is 0 Å². The topological polar surface area (TPSA) is 6.48 Å². The molecule has 2 saturated heterocycles. The summed E-state index contributed by atoms with van der Waals surface area (Å²) in [6.07, 6.45) is 5.81. The van der Waals surface area contributed by atoms with Gasteiger partial charge in [0.1, 0.15) is 0 Å². The summed E-state index contributed by atoms with van der Waals surface area (Å²) in [5.41, 5.74) is 1.63. The number of nitrogens with zero attached hydrogens (tertiary/aromatic N) is 2. The molecule has 2 aliphatic heterocycles. The molecule has 3 fully saturated rings. The molecule has 1 aliphatic carbocycles. The lowest BCUT2D eigenvalue weighted by Crippen LogP contribution is -2.64. The third-order valence-electron chi connectivity index (χ3n) is 6.78. The van der Waals surface area contributed by atoms with Crippen LogP contribution in [-0.4, -0.2) is 48.1 Å². The molecule has 0 N–H and O–H groups in total. The predicted octanol–water partition coefficient (Wildman–Crippen LogP) is 4.26. The Kier molecular flexibility index (Phi) is 4.18. The van der Waals surface area contributed by atoms with Crippen molar-refractivity contribution in [3.63, 3.8) is 0 Å². The van der Waals surface area contributed by atoms with Gasteiger partial charge in [-0.15, -0.1) is 0 Å². The average Bonchev–Trinajstić information content (AvgIpc) is 2.28. The highest BCUT2D eigenvalue weighted by molar-refractivity contribution is 5.06. The maximum atomic E-state index is 2.76. The lowest BCUT2D eigenvalue weighted by atomic mass is 9.51. The highest BCUT2D eigenvalue weighted by Crippen LogP contribution is 2.57. The maximum absolute atomic E-state index is 2.76. The Hall–Kier alpha value is -0.0800. The zero-order valence-corrected chi connectivity index (χ0v) is 15.9. The molecule has 2 heteroatoms. The van der Waals surface area contributed by atoms with Crippen LogP contribution in [-0.2, 0) is 0 Å². The number of likely N-dealkylation sites (tertiary alicyclic amines) is 2. The summed E-state index contributed by atoms with van der Waals surface area (Å²) >= 11 is 0. The van der Waals surface area contributed by atoms with Gasteiger partial charge in [0.05, 0.1) is 0 Å². The van der Waals surface area contributed by atoms with E-state index in [-0.39, 0.29) is 0 Å². The molecule has 0 amide bonds. The van der Waals surface area contributed by atoms with Gasteiger partial charge in [-0.3, -0.25) is 4.90 Å². The first-order valence-electron chi connectivity index (χ1n) is 9.55. The van der Waals surface area contributed by atoms with Crippen LogP contribution in [0.15, 0.2) is 0 Å². The Morgan fingerprint density at radius 2 is 1.45 bits per heavy atom. The summed E-state index contributed by atoms with van der Waals surface area (Å²) in [5.74, 6) is 1.93. The van der Waals surface area contributed by atoms with Gasteiger partial charge < -0.3 is 4.90 Å². The summed E-state index contributed by atoms with van der Waals surface area (Å²) in [6.45, 7) is 21.1. The first-order valence-corrected chi connectivity index (χ1v) is 9.55. The molecule has 0 bridgehead atoms. The Morgan fingerprint density at radius 1 is 0.909 bits per heavy atom. The van der Waals surface area contributed by atoms with Gasteiger partial charge in [0.2, 0.25) is 0 Å².